The van der Waals surface area contributed by atoms with Crippen molar-refractivity contribution in [2.45, 2.75) is 51.9 Å². The Bertz CT molecular complexity index is 751. The van der Waals surface area contributed by atoms with E-state index in [2.05, 4.69) is 84.1 Å². The topological polar surface area (TPSA) is 27.0 Å². The maximum absolute atomic E-state index is 10.2. The highest BCUT2D eigenvalue weighted by Gasteiger charge is 2.37. The van der Waals surface area contributed by atoms with E-state index < -0.39 is 5.41 Å². The molecule has 2 rings (SSSR count). The van der Waals surface area contributed by atoms with Gasteiger partial charge in [0, 0.05) is 11.0 Å². The van der Waals surface area contributed by atoms with Gasteiger partial charge in [0.1, 0.15) is 0 Å². The Morgan fingerprint density at radius 3 is 2.29 bits per heavy atom. The van der Waals surface area contributed by atoms with Crippen LogP contribution in [0.15, 0.2) is 59.1 Å². The average Bonchev–Trinajstić information content (AvgIpc) is 2.71. The van der Waals surface area contributed by atoms with Crippen LogP contribution in [0.2, 0.25) is 0 Å². The van der Waals surface area contributed by atoms with E-state index in [9.17, 15) is 5.26 Å². The molecule has 0 bridgehead atoms. The summed E-state index contributed by atoms with van der Waals surface area (Å²) in [6, 6.07) is 21.6. The highest BCUT2D eigenvalue weighted by atomic mass is 79.9. The lowest BCUT2D eigenvalue weighted by molar-refractivity contribution is 0.253. The van der Waals surface area contributed by atoms with Gasteiger partial charge in [-0.3, -0.25) is 0 Å². The number of nitrogens with zero attached hydrogens (tertiary/aromatic N) is 2. The van der Waals surface area contributed by atoms with Crippen LogP contribution in [0.5, 0.6) is 0 Å². The van der Waals surface area contributed by atoms with Gasteiger partial charge in [-0.25, -0.2) is 0 Å². The summed E-state index contributed by atoms with van der Waals surface area (Å²) in [6.07, 6.45) is 4.16. The standard InChI is InChI=1S/C25H33BrN2/c1-4-17-28(19-15-22-11-6-5-7-12-22)18-10-16-25(20-27,21(2)3)23-13-8-9-14-24(23)26/h5-9,11-14,21H,4,10,15-19H2,1-3H3. The van der Waals surface area contributed by atoms with Crippen molar-refractivity contribution in [3.05, 3.63) is 70.2 Å². The normalized spacial score (nSPS) is 13.5. The molecule has 0 fully saturated rings. The van der Waals surface area contributed by atoms with Crippen LogP contribution in [0.3, 0.4) is 0 Å². The van der Waals surface area contributed by atoms with Gasteiger partial charge in [-0.2, -0.15) is 5.26 Å². The minimum atomic E-state index is -0.447. The van der Waals surface area contributed by atoms with E-state index >= 15 is 0 Å². The van der Waals surface area contributed by atoms with Crippen LogP contribution in [0.1, 0.15) is 51.2 Å². The number of hydrogen-bond acceptors (Lipinski definition) is 2. The Labute approximate surface area is 179 Å². The van der Waals surface area contributed by atoms with Crippen molar-refractivity contribution in [2.24, 2.45) is 5.92 Å². The molecule has 3 heteroatoms. The molecule has 2 aromatic carbocycles. The molecule has 0 aliphatic carbocycles. The summed E-state index contributed by atoms with van der Waals surface area (Å²) in [5.74, 6) is 0.264. The summed E-state index contributed by atoms with van der Waals surface area (Å²) < 4.78 is 1.04. The van der Waals surface area contributed by atoms with Gasteiger partial charge in [-0.1, -0.05) is 85.2 Å². The van der Waals surface area contributed by atoms with Gasteiger partial charge in [-0.15, -0.1) is 0 Å². The molecule has 0 heterocycles. The fourth-order valence-electron chi connectivity index (χ4n) is 3.97. The predicted molar refractivity (Wildman–Crippen MR) is 122 cm³/mol. The second kappa shape index (κ2) is 11.4. The Kier molecular flexibility index (Phi) is 9.22. The minimum absolute atomic E-state index is 0.264. The molecule has 1 atom stereocenters. The predicted octanol–water partition coefficient (Wildman–Crippen LogP) is 6.60. The van der Waals surface area contributed by atoms with Crippen molar-refractivity contribution < 1.29 is 0 Å². The van der Waals surface area contributed by atoms with Gasteiger partial charge in [0.15, 0.2) is 0 Å². The first-order valence-electron chi connectivity index (χ1n) is 10.5. The maximum Gasteiger partial charge on any atom is 0.0856 e. The number of rotatable bonds is 11. The molecule has 0 radical (unpaired) electrons. The van der Waals surface area contributed by atoms with Gasteiger partial charge in [0.25, 0.3) is 0 Å². The third-order valence-corrected chi connectivity index (χ3v) is 6.38. The first-order chi connectivity index (χ1) is 13.5. The van der Waals surface area contributed by atoms with Crippen molar-refractivity contribution >= 4 is 15.9 Å². The number of benzene rings is 2. The van der Waals surface area contributed by atoms with E-state index in [1.54, 1.807) is 0 Å². The molecule has 1 unspecified atom stereocenters. The Morgan fingerprint density at radius 2 is 1.68 bits per heavy atom. The average molecular weight is 441 g/mol. The van der Waals surface area contributed by atoms with E-state index in [4.69, 9.17) is 0 Å². The smallest absolute Gasteiger partial charge is 0.0856 e. The Balaban J connectivity index is 2.03. The number of hydrogen-bond donors (Lipinski definition) is 0. The van der Waals surface area contributed by atoms with Crippen LogP contribution < -0.4 is 0 Å². The van der Waals surface area contributed by atoms with Crippen molar-refractivity contribution in [1.29, 1.82) is 5.26 Å². The van der Waals surface area contributed by atoms with Crippen molar-refractivity contribution in [2.75, 3.05) is 19.6 Å². The van der Waals surface area contributed by atoms with Gasteiger partial charge in [0.2, 0.25) is 0 Å². The lowest BCUT2D eigenvalue weighted by atomic mass is 9.70. The van der Waals surface area contributed by atoms with Gasteiger partial charge in [0.05, 0.1) is 11.5 Å². The highest BCUT2D eigenvalue weighted by Crippen LogP contribution is 2.40. The third kappa shape index (κ3) is 5.93. The van der Waals surface area contributed by atoms with Crippen molar-refractivity contribution in [3.8, 4) is 6.07 Å². The summed E-state index contributed by atoms with van der Waals surface area (Å²) in [7, 11) is 0. The molecule has 150 valence electrons. The summed E-state index contributed by atoms with van der Waals surface area (Å²) in [5.41, 5.74) is 2.07. The van der Waals surface area contributed by atoms with Crippen LogP contribution in [-0.2, 0) is 11.8 Å². The molecule has 0 amide bonds. The second-order valence-corrected chi connectivity index (χ2v) is 8.75. The number of halogens is 1. The first-order valence-corrected chi connectivity index (χ1v) is 11.2. The molecule has 0 saturated heterocycles. The molecule has 0 aliphatic rings. The third-order valence-electron chi connectivity index (χ3n) is 5.68. The molecule has 0 spiro atoms. The fourth-order valence-corrected chi connectivity index (χ4v) is 4.61. The Morgan fingerprint density at radius 1 is 1.00 bits per heavy atom. The lowest BCUT2D eigenvalue weighted by Gasteiger charge is -2.33. The van der Waals surface area contributed by atoms with Gasteiger partial charge >= 0.3 is 0 Å². The van der Waals surface area contributed by atoms with E-state index in [1.165, 1.54) is 5.56 Å². The summed E-state index contributed by atoms with van der Waals surface area (Å²) in [6.45, 7) is 9.81. The molecule has 0 aliphatic heterocycles. The summed E-state index contributed by atoms with van der Waals surface area (Å²) >= 11 is 3.68. The molecule has 0 N–H and O–H groups in total. The molecule has 2 aromatic rings. The van der Waals surface area contributed by atoms with Crippen molar-refractivity contribution in [1.82, 2.24) is 4.90 Å². The maximum atomic E-state index is 10.2. The summed E-state index contributed by atoms with van der Waals surface area (Å²) in [4.78, 5) is 2.55. The Hall–Kier alpha value is -1.63. The van der Waals surface area contributed by atoms with E-state index in [0.29, 0.717) is 0 Å². The first kappa shape index (κ1) is 22.7. The van der Waals surface area contributed by atoms with Gasteiger partial charge < -0.3 is 4.90 Å². The van der Waals surface area contributed by atoms with E-state index in [1.807, 2.05) is 18.2 Å². The largest absolute Gasteiger partial charge is 0.303 e. The van der Waals surface area contributed by atoms with Crippen LogP contribution in [0.4, 0.5) is 0 Å². The van der Waals surface area contributed by atoms with Crippen LogP contribution in [0, 0.1) is 17.2 Å². The molecular weight excluding hydrogens is 408 g/mol. The van der Waals surface area contributed by atoms with Crippen LogP contribution in [0.25, 0.3) is 0 Å². The highest BCUT2D eigenvalue weighted by molar-refractivity contribution is 9.10. The van der Waals surface area contributed by atoms with E-state index in [-0.39, 0.29) is 5.92 Å². The minimum Gasteiger partial charge on any atom is -0.303 e. The van der Waals surface area contributed by atoms with Crippen LogP contribution >= 0.6 is 15.9 Å². The quantitative estimate of drug-likeness (QED) is 0.393. The molecule has 0 aromatic heterocycles. The van der Waals surface area contributed by atoms with Crippen molar-refractivity contribution in [3.63, 3.8) is 0 Å². The van der Waals surface area contributed by atoms with Gasteiger partial charge in [-0.05, 0) is 61.9 Å². The zero-order valence-corrected chi connectivity index (χ0v) is 19.1. The van der Waals surface area contributed by atoms with Crippen LogP contribution in [-0.4, -0.2) is 24.5 Å². The van der Waals surface area contributed by atoms with E-state index in [0.717, 1.165) is 55.4 Å². The zero-order valence-electron chi connectivity index (χ0n) is 17.5. The fraction of sp³-hybridized carbons (Fsp3) is 0.480. The molecule has 28 heavy (non-hydrogen) atoms. The lowest BCUT2D eigenvalue weighted by Crippen LogP contribution is -2.34. The summed E-state index contributed by atoms with van der Waals surface area (Å²) in [5, 5.41) is 10.2. The SMILES string of the molecule is CCCN(CCCC(C#N)(c1ccccc1Br)C(C)C)CCc1ccccc1. The molecule has 0 saturated carbocycles. The monoisotopic (exact) mass is 440 g/mol. The second-order valence-electron chi connectivity index (χ2n) is 7.90. The number of nitriles is 1. The molecular formula is C25H33BrN2. The zero-order chi connectivity index (χ0) is 20.4. The molecule has 2 nitrogen and oxygen atoms in total.